The summed E-state index contributed by atoms with van der Waals surface area (Å²) in [5.41, 5.74) is 3.17. The highest BCUT2D eigenvalue weighted by Crippen LogP contribution is 2.27. The summed E-state index contributed by atoms with van der Waals surface area (Å²) in [4.78, 5) is 69.4. The number of halogens is 3. The van der Waals surface area contributed by atoms with Crippen molar-refractivity contribution in [2.45, 2.75) is 109 Å². The average molecular weight is 799 g/mol. The van der Waals surface area contributed by atoms with E-state index < -0.39 is 81.4 Å². The Labute approximate surface area is 325 Å². The quantitative estimate of drug-likeness (QED) is 0.125. The van der Waals surface area contributed by atoms with E-state index >= 15 is 0 Å². The number of esters is 2. The third-order valence-corrected chi connectivity index (χ3v) is 8.40. The van der Waals surface area contributed by atoms with Crippen LogP contribution in [0.4, 0.5) is 4.79 Å². The van der Waals surface area contributed by atoms with E-state index in [9.17, 15) is 24.0 Å². The van der Waals surface area contributed by atoms with Crippen molar-refractivity contribution < 1.29 is 38.2 Å². The standard InChI is InChI=1S/C37H50Cl3N5O8/c1-21(2)29(30(46)41-23(4)31(47)45-18-10-11-27(44-45)32(48)51-20-37(38,39)40)52-33(49)36(8,9)17-16-24-12-13-25-14-15-26(43-28(25)19-24)22(3)42-34(50)53-35(5,6)7/h12-17,19,21-23,27,29,44H,10-11,18,20H2,1-9H3,(H,41,46)(H,42,50)/b17-16+/t22-,23+,27+,29+/m1/s1. The van der Waals surface area contributed by atoms with E-state index in [-0.39, 0.29) is 6.54 Å². The molecule has 13 nitrogen and oxygen atoms in total. The number of hydrazine groups is 1. The van der Waals surface area contributed by atoms with Crippen LogP contribution in [0.3, 0.4) is 0 Å². The highest BCUT2D eigenvalue weighted by molar-refractivity contribution is 6.67. The number of fused-ring (bicyclic) bond motifs is 1. The number of alkyl halides is 3. The summed E-state index contributed by atoms with van der Waals surface area (Å²) < 4.78 is 14.4. The van der Waals surface area contributed by atoms with Crippen LogP contribution in [0.5, 0.6) is 0 Å². The monoisotopic (exact) mass is 797 g/mol. The molecule has 2 heterocycles. The number of rotatable bonds is 12. The van der Waals surface area contributed by atoms with Crippen molar-refractivity contribution >= 4 is 81.6 Å². The molecular formula is C37H50Cl3N5O8. The summed E-state index contributed by atoms with van der Waals surface area (Å²) in [6.07, 6.45) is 2.61. The van der Waals surface area contributed by atoms with Gasteiger partial charge in [0.1, 0.15) is 24.3 Å². The number of benzene rings is 1. The van der Waals surface area contributed by atoms with E-state index in [2.05, 4.69) is 16.1 Å². The Morgan fingerprint density at radius 3 is 2.28 bits per heavy atom. The number of pyridine rings is 1. The van der Waals surface area contributed by atoms with E-state index in [1.165, 1.54) is 11.9 Å². The number of alkyl carbamates (subject to hydrolysis) is 1. The molecule has 16 heteroatoms. The second-order valence-electron chi connectivity index (χ2n) is 14.9. The van der Waals surface area contributed by atoms with Crippen LogP contribution in [0.1, 0.15) is 92.5 Å². The number of carbonyl (C=O) groups is 5. The van der Waals surface area contributed by atoms with Crippen LogP contribution < -0.4 is 16.1 Å². The van der Waals surface area contributed by atoms with Crippen molar-refractivity contribution in [3.05, 3.63) is 47.7 Å². The fourth-order valence-corrected chi connectivity index (χ4v) is 5.31. The fraction of sp³-hybridized carbons (Fsp3) is 0.568. The van der Waals surface area contributed by atoms with Crippen molar-refractivity contribution in [2.24, 2.45) is 11.3 Å². The minimum Gasteiger partial charge on any atom is -0.460 e. The third-order valence-electron chi connectivity index (χ3n) is 8.08. The summed E-state index contributed by atoms with van der Waals surface area (Å²) in [6, 6.07) is 7.15. The lowest BCUT2D eigenvalue weighted by molar-refractivity contribution is -0.165. The van der Waals surface area contributed by atoms with E-state index in [1.807, 2.05) is 37.3 Å². The van der Waals surface area contributed by atoms with Gasteiger partial charge in [-0.05, 0) is 84.9 Å². The van der Waals surface area contributed by atoms with Gasteiger partial charge in [0.2, 0.25) is 3.79 Å². The van der Waals surface area contributed by atoms with Crippen LogP contribution in [-0.4, -0.2) is 80.6 Å². The third kappa shape index (κ3) is 13.6. The molecule has 1 fully saturated rings. The Balaban J connectivity index is 1.63. The molecular weight excluding hydrogens is 749 g/mol. The van der Waals surface area contributed by atoms with Gasteiger partial charge in [-0.2, -0.15) is 0 Å². The molecule has 3 amide bonds. The molecule has 1 aromatic carbocycles. The summed E-state index contributed by atoms with van der Waals surface area (Å²) in [5, 5.41) is 7.57. The molecule has 0 aliphatic carbocycles. The summed E-state index contributed by atoms with van der Waals surface area (Å²) in [5.74, 6) is -2.88. The van der Waals surface area contributed by atoms with Crippen LogP contribution in [0.2, 0.25) is 0 Å². The number of aromatic nitrogens is 1. The fourth-order valence-electron chi connectivity index (χ4n) is 5.14. The van der Waals surface area contributed by atoms with Crippen molar-refractivity contribution in [2.75, 3.05) is 13.2 Å². The zero-order valence-corrected chi connectivity index (χ0v) is 33.8. The number of nitrogens with zero attached hydrogens (tertiary/aromatic N) is 2. The first-order valence-corrected chi connectivity index (χ1v) is 18.5. The molecule has 0 radical (unpaired) electrons. The number of nitrogens with one attached hydrogen (secondary N) is 3. The highest BCUT2D eigenvalue weighted by Gasteiger charge is 2.37. The molecule has 1 aliphatic heterocycles. The molecule has 292 valence electrons. The number of ether oxygens (including phenoxy) is 3. The Bertz CT molecular complexity index is 1690. The molecule has 4 atom stereocenters. The van der Waals surface area contributed by atoms with Crippen LogP contribution >= 0.6 is 34.8 Å². The maximum atomic E-state index is 13.4. The number of carbonyl (C=O) groups excluding carboxylic acids is 5. The maximum Gasteiger partial charge on any atom is 0.408 e. The predicted molar refractivity (Wildman–Crippen MR) is 204 cm³/mol. The van der Waals surface area contributed by atoms with Gasteiger partial charge in [0.05, 0.1) is 22.7 Å². The Morgan fingerprint density at radius 2 is 1.66 bits per heavy atom. The number of hydrogen-bond donors (Lipinski definition) is 3. The van der Waals surface area contributed by atoms with Gasteiger partial charge in [0.15, 0.2) is 6.10 Å². The number of hydrogen-bond acceptors (Lipinski definition) is 10. The van der Waals surface area contributed by atoms with E-state index in [0.29, 0.717) is 24.1 Å². The Kier molecular flexibility index (Phi) is 15.0. The van der Waals surface area contributed by atoms with Crippen LogP contribution in [0.25, 0.3) is 17.0 Å². The molecule has 1 aromatic heterocycles. The molecule has 3 N–H and O–H groups in total. The molecule has 0 bridgehead atoms. The summed E-state index contributed by atoms with van der Waals surface area (Å²) in [6.45, 7) is 15.3. The van der Waals surface area contributed by atoms with Gasteiger partial charge in [-0.3, -0.25) is 29.2 Å². The lowest BCUT2D eigenvalue weighted by Gasteiger charge is -2.34. The lowest BCUT2D eigenvalue weighted by atomic mass is 9.92. The SMILES string of the molecule is CC(C)[C@H](OC(=O)C(C)(C)/C=C/c1ccc2ccc([C@@H](C)NC(=O)OC(C)(C)C)nc2c1)C(=O)N[C@@H](C)C(=O)N1CCC[C@@H](C(=O)OCC(Cl)(Cl)Cl)N1. The zero-order valence-electron chi connectivity index (χ0n) is 31.6. The van der Waals surface area contributed by atoms with Crippen LogP contribution in [0, 0.1) is 11.3 Å². The molecule has 0 saturated carbocycles. The molecule has 0 spiro atoms. The largest absolute Gasteiger partial charge is 0.460 e. The summed E-state index contributed by atoms with van der Waals surface area (Å²) >= 11 is 17.0. The topological polar surface area (TPSA) is 165 Å². The normalized spacial score (nSPS) is 17.2. The average Bonchev–Trinajstić information content (AvgIpc) is 3.06. The second kappa shape index (κ2) is 18.1. The number of amides is 3. The first kappa shape index (κ1) is 43.8. The molecule has 53 heavy (non-hydrogen) atoms. The highest BCUT2D eigenvalue weighted by atomic mass is 35.6. The molecule has 0 unspecified atom stereocenters. The van der Waals surface area contributed by atoms with Gasteiger partial charge in [0.25, 0.3) is 11.8 Å². The minimum absolute atomic E-state index is 0.287. The van der Waals surface area contributed by atoms with Crippen molar-refractivity contribution in [1.29, 1.82) is 0 Å². The molecule has 1 aliphatic rings. The Morgan fingerprint density at radius 1 is 1.00 bits per heavy atom. The van der Waals surface area contributed by atoms with Crippen molar-refractivity contribution in [1.82, 2.24) is 26.1 Å². The van der Waals surface area contributed by atoms with Gasteiger partial charge in [-0.25, -0.2) is 10.2 Å². The first-order valence-electron chi connectivity index (χ1n) is 17.4. The van der Waals surface area contributed by atoms with E-state index in [4.69, 9.17) is 54.0 Å². The summed E-state index contributed by atoms with van der Waals surface area (Å²) in [7, 11) is 0. The van der Waals surface area contributed by atoms with Gasteiger partial charge in [-0.15, -0.1) is 0 Å². The smallest absolute Gasteiger partial charge is 0.408 e. The first-order chi connectivity index (χ1) is 24.5. The molecule has 1 saturated heterocycles. The maximum absolute atomic E-state index is 13.4. The van der Waals surface area contributed by atoms with Crippen LogP contribution in [0.15, 0.2) is 36.4 Å². The minimum atomic E-state index is -1.77. The molecule has 2 aromatic rings. The van der Waals surface area contributed by atoms with Gasteiger partial charge in [-0.1, -0.05) is 79.0 Å². The lowest BCUT2D eigenvalue weighted by Crippen LogP contribution is -2.60. The van der Waals surface area contributed by atoms with E-state index in [1.54, 1.807) is 60.6 Å². The Hall–Kier alpha value is -3.65. The zero-order chi connectivity index (χ0) is 39.9. The molecule has 3 rings (SSSR count). The van der Waals surface area contributed by atoms with Crippen molar-refractivity contribution in [3.8, 4) is 0 Å². The predicted octanol–water partition coefficient (Wildman–Crippen LogP) is 6.34. The van der Waals surface area contributed by atoms with Crippen molar-refractivity contribution in [3.63, 3.8) is 0 Å². The van der Waals surface area contributed by atoms with E-state index in [0.717, 1.165) is 10.9 Å². The van der Waals surface area contributed by atoms with Gasteiger partial charge < -0.3 is 24.8 Å². The van der Waals surface area contributed by atoms with Gasteiger partial charge >= 0.3 is 18.0 Å². The van der Waals surface area contributed by atoms with Crippen LogP contribution in [-0.2, 0) is 33.4 Å². The second-order valence-corrected chi connectivity index (χ2v) is 17.5. The van der Waals surface area contributed by atoms with Gasteiger partial charge in [0, 0.05) is 11.9 Å².